The predicted octanol–water partition coefficient (Wildman–Crippen LogP) is 3.25. The molecule has 32 heavy (non-hydrogen) atoms. The molecule has 0 saturated carbocycles. The molecule has 0 aliphatic carbocycles. The van der Waals surface area contributed by atoms with E-state index in [0.29, 0.717) is 35.2 Å². The molecule has 3 heterocycles. The Morgan fingerprint density at radius 3 is 2.78 bits per heavy atom. The molecule has 0 fully saturated rings. The van der Waals surface area contributed by atoms with Crippen LogP contribution in [0.15, 0.2) is 59.3 Å². The summed E-state index contributed by atoms with van der Waals surface area (Å²) in [4.78, 5) is 18.3. The van der Waals surface area contributed by atoms with Crippen LogP contribution >= 0.6 is 11.3 Å². The molecular weight excluding hydrogens is 454 g/mol. The molecule has 0 atom stereocenters. The number of thiazole rings is 1. The number of anilines is 2. The van der Waals surface area contributed by atoms with E-state index in [0.717, 1.165) is 16.9 Å². The number of fused-ring (bicyclic) bond motifs is 2. The Balaban J connectivity index is 1.40. The maximum Gasteiger partial charge on any atom is 0.265 e. The van der Waals surface area contributed by atoms with Crippen molar-refractivity contribution in [3.63, 3.8) is 0 Å². The van der Waals surface area contributed by atoms with Gasteiger partial charge in [0.15, 0.2) is 23.2 Å². The predicted molar refractivity (Wildman–Crippen MR) is 119 cm³/mol. The number of rotatable bonds is 6. The Hall–Kier alpha value is -3.57. The average molecular weight is 472 g/mol. The number of hydrogen-bond donors (Lipinski definition) is 1. The van der Waals surface area contributed by atoms with Crippen molar-refractivity contribution in [2.75, 3.05) is 29.6 Å². The van der Waals surface area contributed by atoms with Gasteiger partial charge in [-0.15, -0.1) is 17.9 Å². The summed E-state index contributed by atoms with van der Waals surface area (Å²) < 4.78 is 44.0. The van der Waals surface area contributed by atoms with E-state index in [4.69, 9.17) is 14.2 Å². The first-order valence-corrected chi connectivity index (χ1v) is 11.9. The summed E-state index contributed by atoms with van der Waals surface area (Å²) in [6, 6.07) is 9.78. The van der Waals surface area contributed by atoms with Crippen molar-refractivity contribution >= 4 is 38.1 Å². The van der Waals surface area contributed by atoms with Gasteiger partial charge in [-0.2, -0.15) is 0 Å². The minimum atomic E-state index is -3.86. The standard InChI is InChI=1S/C21H17N3O6S2/c1-2-7-24-16-8-13(3-5-17(16)28-10-20(24)25)15-11-31-21(22-15)23-32(26,27)14-4-6-18-19(9-14)30-12-29-18/h2-6,8-9,11H,1,7,10,12H2,(H,22,23). The molecule has 11 heteroatoms. The summed E-state index contributed by atoms with van der Waals surface area (Å²) in [5.41, 5.74) is 1.91. The summed E-state index contributed by atoms with van der Waals surface area (Å²) in [5.74, 6) is 1.31. The van der Waals surface area contributed by atoms with Crippen molar-refractivity contribution in [2.24, 2.45) is 0 Å². The lowest BCUT2D eigenvalue weighted by Crippen LogP contribution is -2.38. The number of carbonyl (C=O) groups is 1. The number of hydrogen-bond acceptors (Lipinski definition) is 8. The second kappa shape index (κ2) is 7.84. The van der Waals surface area contributed by atoms with Gasteiger partial charge in [0, 0.05) is 23.6 Å². The van der Waals surface area contributed by atoms with E-state index in [1.54, 1.807) is 34.6 Å². The van der Waals surface area contributed by atoms with E-state index in [2.05, 4.69) is 16.3 Å². The maximum atomic E-state index is 12.8. The summed E-state index contributed by atoms with van der Waals surface area (Å²) in [7, 11) is -3.86. The van der Waals surface area contributed by atoms with Gasteiger partial charge in [-0.1, -0.05) is 6.08 Å². The number of aromatic nitrogens is 1. The monoisotopic (exact) mass is 471 g/mol. The Bertz CT molecular complexity index is 1340. The smallest absolute Gasteiger partial charge is 0.265 e. The first-order chi connectivity index (χ1) is 15.4. The Morgan fingerprint density at radius 2 is 1.94 bits per heavy atom. The van der Waals surface area contributed by atoms with E-state index in [-0.39, 0.29) is 29.3 Å². The van der Waals surface area contributed by atoms with Crippen LogP contribution in [0.4, 0.5) is 10.8 Å². The number of benzene rings is 2. The van der Waals surface area contributed by atoms with E-state index in [9.17, 15) is 13.2 Å². The van der Waals surface area contributed by atoms with Crippen LogP contribution in [0.5, 0.6) is 17.2 Å². The van der Waals surface area contributed by atoms with Crippen LogP contribution in [0.2, 0.25) is 0 Å². The lowest BCUT2D eigenvalue weighted by atomic mass is 10.1. The largest absolute Gasteiger partial charge is 0.482 e. The van der Waals surface area contributed by atoms with Crippen molar-refractivity contribution in [2.45, 2.75) is 4.90 Å². The fourth-order valence-electron chi connectivity index (χ4n) is 3.36. The molecule has 0 spiro atoms. The van der Waals surface area contributed by atoms with E-state index < -0.39 is 10.0 Å². The van der Waals surface area contributed by atoms with Crippen molar-refractivity contribution in [1.29, 1.82) is 0 Å². The average Bonchev–Trinajstić information content (AvgIpc) is 3.44. The molecule has 2 aliphatic rings. The van der Waals surface area contributed by atoms with Crippen LogP contribution in [0, 0.1) is 0 Å². The molecule has 2 aromatic carbocycles. The van der Waals surface area contributed by atoms with Gasteiger partial charge in [0.05, 0.1) is 16.3 Å². The topological polar surface area (TPSA) is 107 Å². The van der Waals surface area contributed by atoms with Crippen molar-refractivity contribution in [3.8, 4) is 28.5 Å². The summed E-state index contributed by atoms with van der Waals surface area (Å²) in [6.07, 6.45) is 1.64. The second-order valence-electron chi connectivity index (χ2n) is 6.92. The van der Waals surface area contributed by atoms with Crippen LogP contribution in [0.1, 0.15) is 0 Å². The van der Waals surface area contributed by atoms with Crippen molar-refractivity contribution in [3.05, 3.63) is 54.4 Å². The minimum Gasteiger partial charge on any atom is -0.482 e. The zero-order valence-corrected chi connectivity index (χ0v) is 18.2. The van der Waals surface area contributed by atoms with Gasteiger partial charge in [0.2, 0.25) is 6.79 Å². The van der Waals surface area contributed by atoms with Gasteiger partial charge >= 0.3 is 0 Å². The molecule has 0 unspecified atom stereocenters. The van der Waals surface area contributed by atoms with E-state index in [1.807, 2.05) is 6.07 Å². The zero-order valence-electron chi connectivity index (χ0n) is 16.6. The summed E-state index contributed by atoms with van der Waals surface area (Å²) >= 11 is 1.16. The maximum absolute atomic E-state index is 12.8. The quantitative estimate of drug-likeness (QED) is 0.550. The lowest BCUT2D eigenvalue weighted by molar-refractivity contribution is -0.121. The number of nitrogens with zero attached hydrogens (tertiary/aromatic N) is 2. The van der Waals surface area contributed by atoms with Gasteiger partial charge in [-0.25, -0.2) is 13.4 Å². The molecular formula is C21H17N3O6S2. The number of nitrogens with one attached hydrogen (secondary N) is 1. The van der Waals surface area contributed by atoms with Crippen LogP contribution in [-0.4, -0.2) is 39.3 Å². The summed E-state index contributed by atoms with van der Waals surface area (Å²) in [6.45, 7) is 4.09. The fourth-order valence-corrected chi connectivity index (χ4v) is 5.35. The lowest BCUT2D eigenvalue weighted by Gasteiger charge is -2.28. The third-order valence-corrected chi connectivity index (χ3v) is 7.11. The van der Waals surface area contributed by atoms with Crippen LogP contribution in [0.25, 0.3) is 11.3 Å². The molecule has 0 saturated heterocycles. The first-order valence-electron chi connectivity index (χ1n) is 9.51. The van der Waals surface area contributed by atoms with Crippen molar-refractivity contribution in [1.82, 2.24) is 4.98 Å². The Kier molecular flexibility index (Phi) is 4.98. The van der Waals surface area contributed by atoms with Crippen LogP contribution in [-0.2, 0) is 14.8 Å². The van der Waals surface area contributed by atoms with Gasteiger partial charge in [0.1, 0.15) is 5.75 Å². The highest BCUT2D eigenvalue weighted by Crippen LogP contribution is 2.38. The number of amides is 1. The first kappa shape index (κ1) is 20.3. The molecule has 0 bridgehead atoms. The highest BCUT2D eigenvalue weighted by atomic mass is 32.2. The highest BCUT2D eigenvalue weighted by molar-refractivity contribution is 7.93. The SMILES string of the molecule is C=CCN1C(=O)COc2ccc(-c3csc(NS(=O)(=O)c4ccc5c(c4)OCO5)n3)cc21. The third kappa shape index (κ3) is 3.65. The number of carbonyl (C=O) groups excluding carboxylic acids is 1. The van der Waals surface area contributed by atoms with Crippen LogP contribution < -0.4 is 23.8 Å². The fraction of sp³-hybridized carbons (Fsp3) is 0.143. The number of ether oxygens (including phenoxy) is 3. The normalized spacial score (nSPS) is 14.6. The van der Waals surface area contributed by atoms with Gasteiger partial charge < -0.3 is 19.1 Å². The molecule has 164 valence electrons. The minimum absolute atomic E-state index is 0.0251. The molecule has 1 amide bonds. The van der Waals surface area contributed by atoms with Gasteiger partial charge in [-0.05, 0) is 30.3 Å². The second-order valence-corrected chi connectivity index (χ2v) is 9.46. The van der Waals surface area contributed by atoms with Gasteiger partial charge in [-0.3, -0.25) is 9.52 Å². The third-order valence-electron chi connectivity index (χ3n) is 4.89. The van der Waals surface area contributed by atoms with E-state index >= 15 is 0 Å². The van der Waals surface area contributed by atoms with Crippen LogP contribution in [0.3, 0.4) is 0 Å². The highest BCUT2D eigenvalue weighted by Gasteiger charge is 2.26. The summed E-state index contributed by atoms with van der Waals surface area (Å²) in [5, 5.41) is 1.95. The molecule has 1 N–H and O–H groups in total. The Labute approximate surface area is 187 Å². The molecule has 9 nitrogen and oxygen atoms in total. The molecule has 0 radical (unpaired) electrons. The molecule has 2 aliphatic heterocycles. The van der Waals surface area contributed by atoms with Gasteiger partial charge in [0.25, 0.3) is 15.9 Å². The van der Waals surface area contributed by atoms with Crippen molar-refractivity contribution < 1.29 is 27.4 Å². The van der Waals surface area contributed by atoms with E-state index in [1.165, 1.54) is 12.1 Å². The Morgan fingerprint density at radius 1 is 1.12 bits per heavy atom. The number of sulfonamides is 1. The molecule has 3 aromatic rings. The molecule has 1 aromatic heterocycles. The zero-order chi connectivity index (χ0) is 22.3. The molecule has 5 rings (SSSR count).